The van der Waals surface area contributed by atoms with E-state index in [4.69, 9.17) is 0 Å². The molecule has 4 rings (SSSR count). The van der Waals surface area contributed by atoms with E-state index >= 15 is 0 Å². The van der Waals surface area contributed by atoms with Crippen LogP contribution >= 0.6 is 0 Å². The van der Waals surface area contributed by atoms with Crippen LogP contribution in [0.2, 0.25) is 0 Å². The highest BCUT2D eigenvalue weighted by Crippen LogP contribution is 2.23. The van der Waals surface area contributed by atoms with Gasteiger partial charge < -0.3 is 5.32 Å². The first-order valence-corrected chi connectivity index (χ1v) is 9.09. The Bertz CT molecular complexity index is 1210. The van der Waals surface area contributed by atoms with Crippen molar-refractivity contribution in [2.24, 2.45) is 0 Å². The molecule has 0 bridgehead atoms. The Balaban J connectivity index is 1.71. The number of nitro benzene ring substituents is 1. The molecule has 1 amide bonds. The van der Waals surface area contributed by atoms with Crippen molar-refractivity contribution in [3.63, 3.8) is 0 Å². The highest BCUT2D eigenvalue weighted by molar-refractivity contribution is 6.05. The van der Waals surface area contributed by atoms with E-state index in [2.05, 4.69) is 20.4 Å². The van der Waals surface area contributed by atoms with Crippen LogP contribution in [0, 0.1) is 24.0 Å². The minimum Gasteiger partial charge on any atom is -0.306 e. The smallest absolute Gasteiger partial charge is 0.273 e. The van der Waals surface area contributed by atoms with Crippen molar-refractivity contribution in [3.05, 3.63) is 72.8 Å². The van der Waals surface area contributed by atoms with E-state index in [1.54, 1.807) is 13.0 Å². The molecule has 10 nitrogen and oxygen atoms in total. The first kappa shape index (κ1) is 18.5. The maximum absolute atomic E-state index is 12.8. The van der Waals surface area contributed by atoms with E-state index in [0.717, 1.165) is 18.5 Å². The molecule has 0 radical (unpaired) electrons. The van der Waals surface area contributed by atoms with Crippen LogP contribution in [0.1, 0.15) is 39.3 Å². The minimum atomic E-state index is -0.528. The number of nitrogens with zero attached hydrogens (tertiary/aromatic N) is 4. The summed E-state index contributed by atoms with van der Waals surface area (Å²) >= 11 is 0. The fourth-order valence-corrected chi connectivity index (χ4v) is 3.53. The number of amides is 1. The molecule has 2 N–H and O–H groups in total. The molecular formula is C19H18N6O4. The van der Waals surface area contributed by atoms with E-state index in [9.17, 15) is 19.7 Å². The zero-order valence-electron chi connectivity index (χ0n) is 15.9. The number of benzene rings is 1. The topological polar surface area (TPSA) is 136 Å². The van der Waals surface area contributed by atoms with Gasteiger partial charge in [0, 0.05) is 28.8 Å². The third-order valence-corrected chi connectivity index (χ3v) is 4.95. The first-order chi connectivity index (χ1) is 13.8. The lowest BCUT2D eigenvalue weighted by Gasteiger charge is -2.10. The number of rotatable bonds is 4. The van der Waals surface area contributed by atoms with Crippen molar-refractivity contribution < 1.29 is 9.72 Å². The Labute approximate surface area is 164 Å². The second-order valence-electron chi connectivity index (χ2n) is 6.91. The maximum Gasteiger partial charge on any atom is 0.273 e. The Kier molecular flexibility index (Phi) is 4.45. The molecule has 0 aliphatic heterocycles. The SMILES string of the molecule is Cc1cc(NC(=O)c2cccc([N+](=O)[O-])c2C)n(-c2nc3c(c(=O)[nH]2)CCC3)n1. The van der Waals surface area contributed by atoms with Crippen LogP contribution in [0.4, 0.5) is 11.5 Å². The van der Waals surface area contributed by atoms with Gasteiger partial charge in [-0.1, -0.05) is 6.07 Å². The van der Waals surface area contributed by atoms with Gasteiger partial charge in [0.15, 0.2) is 0 Å². The second kappa shape index (κ2) is 6.97. The second-order valence-corrected chi connectivity index (χ2v) is 6.91. The monoisotopic (exact) mass is 394 g/mol. The molecule has 148 valence electrons. The molecule has 29 heavy (non-hydrogen) atoms. The molecule has 1 aliphatic carbocycles. The molecule has 0 saturated carbocycles. The van der Waals surface area contributed by atoms with E-state index in [1.807, 2.05) is 0 Å². The number of hydrogen-bond donors (Lipinski definition) is 2. The summed E-state index contributed by atoms with van der Waals surface area (Å²) in [7, 11) is 0. The summed E-state index contributed by atoms with van der Waals surface area (Å²) in [6.45, 7) is 3.27. The molecule has 10 heteroatoms. The molecule has 0 unspecified atom stereocenters. The third kappa shape index (κ3) is 3.28. The van der Waals surface area contributed by atoms with E-state index in [1.165, 1.54) is 29.8 Å². The van der Waals surface area contributed by atoms with Crippen LogP contribution in [-0.4, -0.2) is 30.6 Å². The van der Waals surface area contributed by atoms with Crippen LogP contribution < -0.4 is 10.9 Å². The maximum atomic E-state index is 12.8. The number of carbonyl (C=O) groups excluding carboxylic acids is 1. The fraction of sp³-hybridized carbons (Fsp3) is 0.263. The van der Waals surface area contributed by atoms with Crippen LogP contribution in [0.5, 0.6) is 0 Å². The number of fused-ring (bicyclic) bond motifs is 1. The van der Waals surface area contributed by atoms with E-state index in [0.29, 0.717) is 23.5 Å². The molecule has 2 aromatic heterocycles. The van der Waals surface area contributed by atoms with E-state index in [-0.39, 0.29) is 28.3 Å². The van der Waals surface area contributed by atoms with Gasteiger partial charge in [0.05, 0.1) is 16.3 Å². The number of hydrogen-bond acceptors (Lipinski definition) is 6. The van der Waals surface area contributed by atoms with Crippen LogP contribution in [0.15, 0.2) is 29.1 Å². The number of nitro groups is 1. The van der Waals surface area contributed by atoms with Gasteiger partial charge in [0.25, 0.3) is 17.2 Å². The lowest BCUT2D eigenvalue weighted by atomic mass is 10.1. The molecule has 3 aromatic rings. The largest absolute Gasteiger partial charge is 0.306 e. The summed E-state index contributed by atoms with van der Waals surface area (Å²) in [5.41, 5.74) is 2.15. The molecule has 0 fully saturated rings. The van der Waals surface area contributed by atoms with Gasteiger partial charge in [-0.2, -0.15) is 9.78 Å². The van der Waals surface area contributed by atoms with Crippen molar-refractivity contribution in [1.29, 1.82) is 0 Å². The molecule has 0 atom stereocenters. The fourth-order valence-electron chi connectivity index (χ4n) is 3.53. The number of anilines is 1. The van der Waals surface area contributed by atoms with Gasteiger partial charge >= 0.3 is 0 Å². The van der Waals surface area contributed by atoms with Crippen molar-refractivity contribution in [2.45, 2.75) is 33.1 Å². The van der Waals surface area contributed by atoms with Crippen LogP contribution in [0.25, 0.3) is 5.95 Å². The average molecular weight is 394 g/mol. The lowest BCUT2D eigenvalue weighted by molar-refractivity contribution is -0.385. The minimum absolute atomic E-state index is 0.132. The van der Waals surface area contributed by atoms with Crippen LogP contribution in [0.3, 0.4) is 0 Å². The summed E-state index contributed by atoms with van der Waals surface area (Å²) in [5, 5.41) is 18.2. The quantitative estimate of drug-likeness (QED) is 0.514. The molecular weight excluding hydrogens is 376 g/mol. The summed E-state index contributed by atoms with van der Waals surface area (Å²) < 4.78 is 1.36. The summed E-state index contributed by atoms with van der Waals surface area (Å²) in [4.78, 5) is 42.9. The standard InChI is InChI=1S/C19H18N6O4/c1-10-9-16(21-17(26)12-5-4-8-15(11(12)2)25(28)29)24(23-10)19-20-14-7-3-6-13(14)18(27)22-19/h4-5,8-9H,3,6-7H2,1-2H3,(H,21,26)(H,20,22,27). The predicted octanol–water partition coefficient (Wildman–Crippen LogP) is 2.22. The predicted molar refractivity (Wildman–Crippen MR) is 105 cm³/mol. The molecule has 2 heterocycles. The van der Waals surface area contributed by atoms with E-state index < -0.39 is 10.8 Å². The first-order valence-electron chi connectivity index (χ1n) is 9.09. The Hall–Kier alpha value is -3.82. The van der Waals surface area contributed by atoms with Gasteiger partial charge in [-0.25, -0.2) is 4.98 Å². The third-order valence-electron chi connectivity index (χ3n) is 4.95. The van der Waals surface area contributed by atoms with Crippen molar-refractivity contribution in [3.8, 4) is 5.95 Å². The van der Waals surface area contributed by atoms with Gasteiger partial charge in [-0.3, -0.25) is 24.7 Å². The molecule has 0 spiro atoms. The summed E-state index contributed by atoms with van der Waals surface area (Å²) in [6, 6.07) is 5.96. The highest BCUT2D eigenvalue weighted by atomic mass is 16.6. The summed E-state index contributed by atoms with van der Waals surface area (Å²) in [5.74, 6) is 0.00479. The molecule has 1 aliphatic rings. The van der Waals surface area contributed by atoms with Crippen LogP contribution in [-0.2, 0) is 12.8 Å². The summed E-state index contributed by atoms with van der Waals surface area (Å²) in [6.07, 6.45) is 2.30. The Morgan fingerprint density at radius 2 is 2.10 bits per heavy atom. The Morgan fingerprint density at radius 3 is 2.86 bits per heavy atom. The number of carbonyl (C=O) groups is 1. The average Bonchev–Trinajstić information content (AvgIpc) is 3.28. The lowest BCUT2D eigenvalue weighted by Crippen LogP contribution is -2.21. The molecule has 1 aromatic carbocycles. The van der Waals surface area contributed by atoms with Crippen molar-refractivity contribution >= 4 is 17.4 Å². The number of aromatic amines is 1. The van der Waals surface area contributed by atoms with Gasteiger partial charge in [-0.05, 0) is 39.2 Å². The number of H-pyrrole nitrogens is 1. The number of nitrogens with one attached hydrogen (secondary N) is 2. The molecule has 0 saturated heterocycles. The normalized spacial score (nSPS) is 12.6. The number of aromatic nitrogens is 4. The van der Waals surface area contributed by atoms with Gasteiger partial charge in [-0.15, -0.1) is 0 Å². The Morgan fingerprint density at radius 1 is 1.31 bits per heavy atom. The van der Waals surface area contributed by atoms with Gasteiger partial charge in [0.2, 0.25) is 5.95 Å². The van der Waals surface area contributed by atoms with Crippen molar-refractivity contribution in [1.82, 2.24) is 19.7 Å². The zero-order valence-corrected chi connectivity index (χ0v) is 15.9. The number of aryl methyl sites for hydroxylation is 2. The zero-order chi connectivity index (χ0) is 20.7. The van der Waals surface area contributed by atoms with Gasteiger partial charge in [0.1, 0.15) is 5.82 Å². The highest BCUT2D eigenvalue weighted by Gasteiger charge is 2.22. The van der Waals surface area contributed by atoms with Crippen molar-refractivity contribution in [2.75, 3.05) is 5.32 Å².